The molecular weight excluding hydrogens is 637 g/mol. The molecular formula is C48H34N2S. The Morgan fingerprint density at radius 3 is 0.922 bits per heavy atom. The highest BCUT2D eigenvalue weighted by Gasteiger charge is 2.15. The summed E-state index contributed by atoms with van der Waals surface area (Å²) in [6.07, 6.45) is 0. The molecule has 9 aromatic rings. The monoisotopic (exact) mass is 670 g/mol. The number of benzene rings is 8. The predicted molar refractivity (Wildman–Crippen MR) is 220 cm³/mol. The zero-order chi connectivity index (χ0) is 34.0. The Morgan fingerprint density at radius 2 is 0.569 bits per heavy atom. The van der Waals surface area contributed by atoms with Crippen molar-refractivity contribution in [3.63, 3.8) is 0 Å². The molecule has 1 aromatic heterocycles. The quantitative estimate of drug-likeness (QED) is 0.159. The van der Waals surface area contributed by atoms with E-state index in [1.165, 1.54) is 42.4 Å². The normalized spacial score (nSPS) is 11.1. The number of anilines is 6. The average Bonchev–Trinajstić information content (AvgIpc) is 3.70. The van der Waals surface area contributed by atoms with E-state index in [-0.39, 0.29) is 0 Å². The molecule has 2 nitrogen and oxygen atoms in total. The SMILES string of the molecule is c1ccc(N(c2ccccc2)c2ccc3cc(-c4ccc(-c5ccc6cc(N(c7ccccc7)c7ccccc7)ccc6c5)s4)ccc3c2)cc1. The van der Waals surface area contributed by atoms with Crippen molar-refractivity contribution in [2.75, 3.05) is 9.80 Å². The maximum absolute atomic E-state index is 2.32. The molecule has 0 atom stereocenters. The van der Waals surface area contributed by atoms with Gasteiger partial charge in [-0.15, -0.1) is 11.3 Å². The fourth-order valence-electron chi connectivity index (χ4n) is 6.90. The van der Waals surface area contributed by atoms with Crippen LogP contribution in [0.25, 0.3) is 42.4 Å². The van der Waals surface area contributed by atoms with Crippen LogP contribution in [0.4, 0.5) is 34.1 Å². The fraction of sp³-hybridized carbons (Fsp3) is 0. The van der Waals surface area contributed by atoms with E-state index in [0.717, 1.165) is 34.1 Å². The smallest absolute Gasteiger partial charge is 0.0468 e. The number of rotatable bonds is 8. The van der Waals surface area contributed by atoms with Crippen molar-refractivity contribution in [1.29, 1.82) is 0 Å². The molecule has 8 aromatic carbocycles. The van der Waals surface area contributed by atoms with Crippen LogP contribution in [-0.2, 0) is 0 Å². The van der Waals surface area contributed by atoms with Crippen LogP contribution in [0.5, 0.6) is 0 Å². The molecule has 0 unspecified atom stereocenters. The molecule has 0 fully saturated rings. The van der Waals surface area contributed by atoms with Gasteiger partial charge in [-0.25, -0.2) is 0 Å². The molecule has 242 valence electrons. The average molecular weight is 671 g/mol. The summed E-state index contributed by atoms with van der Waals surface area (Å²) in [5.41, 5.74) is 9.32. The maximum Gasteiger partial charge on any atom is 0.0468 e. The lowest BCUT2D eigenvalue weighted by Gasteiger charge is -2.25. The Morgan fingerprint density at radius 1 is 0.255 bits per heavy atom. The van der Waals surface area contributed by atoms with Crippen molar-refractivity contribution in [3.8, 4) is 20.9 Å². The molecule has 51 heavy (non-hydrogen) atoms. The number of thiophene rings is 1. The molecule has 1 heterocycles. The highest BCUT2D eigenvalue weighted by Crippen LogP contribution is 2.40. The lowest BCUT2D eigenvalue weighted by molar-refractivity contribution is 1.29. The summed E-state index contributed by atoms with van der Waals surface area (Å²) in [5.74, 6) is 0. The zero-order valence-electron chi connectivity index (χ0n) is 27.9. The van der Waals surface area contributed by atoms with Crippen LogP contribution < -0.4 is 9.80 Å². The Hall–Kier alpha value is -6.42. The summed E-state index contributed by atoms with van der Waals surface area (Å²) in [5, 5.41) is 4.90. The van der Waals surface area contributed by atoms with Crippen LogP contribution in [0.1, 0.15) is 0 Å². The molecule has 0 aliphatic heterocycles. The van der Waals surface area contributed by atoms with Gasteiger partial charge in [0.25, 0.3) is 0 Å². The molecule has 0 aliphatic rings. The Balaban J connectivity index is 1.000. The number of hydrogen-bond donors (Lipinski definition) is 0. The zero-order valence-corrected chi connectivity index (χ0v) is 28.7. The molecule has 9 rings (SSSR count). The highest BCUT2D eigenvalue weighted by molar-refractivity contribution is 7.18. The van der Waals surface area contributed by atoms with Gasteiger partial charge in [0.05, 0.1) is 0 Å². The van der Waals surface area contributed by atoms with Crippen molar-refractivity contribution >= 4 is 67.0 Å². The van der Waals surface area contributed by atoms with Crippen LogP contribution >= 0.6 is 11.3 Å². The summed E-state index contributed by atoms with van der Waals surface area (Å²) in [4.78, 5) is 7.16. The second-order valence-corrected chi connectivity index (χ2v) is 13.8. The minimum atomic E-state index is 1.14. The van der Waals surface area contributed by atoms with Crippen molar-refractivity contribution in [3.05, 3.63) is 206 Å². The first-order valence-electron chi connectivity index (χ1n) is 17.3. The summed E-state index contributed by atoms with van der Waals surface area (Å²) in [6.45, 7) is 0. The van der Waals surface area contributed by atoms with Gasteiger partial charge in [-0.05, 0) is 130 Å². The summed E-state index contributed by atoms with van der Waals surface area (Å²) >= 11 is 1.84. The maximum atomic E-state index is 2.32. The van der Waals surface area contributed by atoms with E-state index >= 15 is 0 Å². The standard InChI is InChI=1S/C48H34N2S/c1-5-13-41(14-6-1)49(42-15-7-2-8-16-42)45-27-25-35-31-39(23-21-37(35)33-45)47-29-30-48(51-47)40-24-22-38-34-46(28-26-36(38)32-40)50(43-17-9-3-10-18-43)44-19-11-4-12-20-44/h1-34H. The van der Waals surface area contributed by atoms with Crippen LogP contribution in [0.15, 0.2) is 206 Å². The second-order valence-electron chi connectivity index (χ2n) is 12.7. The molecule has 3 heteroatoms. The van der Waals surface area contributed by atoms with Crippen LogP contribution in [0.2, 0.25) is 0 Å². The molecule has 0 saturated carbocycles. The van der Waals surface area contributed by atoms with Gasteiger partial charge in [-0.3, -0.25) is 0 Å². The van der Waals surface area contributed by atoms with Gasteiger partial charge in [-0.1, -0.05) is 109 Å². The summed E-state index contributed by atoms with van der Waals surface area (Å²) < 4.78 is 0. The van der Waals surface area contributed by atoms with Gasteiger partial charge in [0.2, 0.25) is 0 Å². The first kappa shape index (κ1) is 30.6. The summed E-state index contributed by atoms with van der Waals surface area (Å²) in [6, 6.07) is 73.9. The Kier molecular flexibility index (Phi) is 8.09. The molecule has 0 spiro atoms. The van der Waals surface area contributed by atoms with Crippen molar-refractivity contribution < 1.29 is 0 Å². The predicted octanol–water partition coefficient (Wildman–Crippen LogP) is 14.3. The van der Waals surface area contributed by atoms with E-state index in [1.807, 2.05) is 11.3 Å². The number of para-hydroxylation sites is 4. The van der Waals surface area contributed by atoms with E-state index in [9.17, 15) is 0 Å². The minimum absolute atomic E-state index is 1.14. The van der Waals surface area contributed by atoms with E-state index in [2.05, 4.69) is 216 Å². The fourth-order valence-corrected chi connectivity index (χ4v) is 7.90. The third-order valence-corrected chi connectivity index (χ3v) is 10.6. The third kappa shape index (κ3) is 6.16. The van der Waals surface area contributed by atoms with Gasteiger partial charge >= 0.3 is 0 Å². The first-order valence-corrected chi connectivity index (χ1v) is 18.1. The lowest BCUT2D eigenvalue weighted by atomic mass is 10.0. The molecule has 0 bridgehead atoms. The number of hydrogen-bond acceptors (Lipinski definition) is 3. The van der Waals surface area contributed by atoms with E-state index in [0.29, 0.717) is 0 Å². The van der Waals surface area contributed by atoms with Crippen LogP contribution in [-0.4, -0.2) is 0 Å². The topological polar surface area (TPSA) is 6.48 Å². The van der Waals surface area contributed by atoms with Crippen LogP contribution in [0.3, 0.4) is 0 Å². The van der Waals surface area contributed by atoms with Crippen molar-refractivity contribution in [1.82, 2.24) is 0 Å². The van der Waals surface area contributed by atoms with E-state index in [4.69, 9.17) is 0 Å². The van der Waals surface area contributed by atoms with Gasteiger partial charge < -0.3 is 9.80 Å². The molecule has 0 aliphatic carbocycles. The van der Waals surface area contributed by atoms with Gasteiger partial charge in [0.1, 0.15) is 0 Å². The second kappa shape index (κ2) is 13.5. The van der Waals surface area contributed by atoms with Gasteiger partial charge in [0, 0.05) is 43.9 Å². The molecule has 0 N–H and O–H groups in total. The molecule has 0 radical (unpaired) electrons. The first-order chi connectivity index (χ1) is 25.3. The third-order valence-electron chi connectivity index (χ3n) is 9.40. The Labute approximate surface area is 302 Å². The van der Waals surface area contributed by atoms with E-state index < -0.39 is 0 Å². The Bertz CT molecular complexity index is 2320. The minimum Gasteiger partial charge on any atom is -0.310 e. The highest BCUT2D eigenvalue weighted by atomic mass is 32.1. The lowest BCUT2D eigenvalue weighted by Crippen LogP contribution is -2.09. The molecule has 0 saturated heterocycles. The van der Waals surface area contributed by atoms with Crippen LogP contribution in [0, 0.1) is 0 Å². The number of fused-ring (bicyclic) bond motifs is 2. The van der Waals surface area contributed by atoms with Gasteiger partial charge in [0.15, 0.2) is 0 Å². The van der Waals surface area contributed by atoms with Crippen molar-refractivity contribution in [2.45, 2.75) is 0 Å². The summed E-state index contributed by atoms with van der Waals surface area (Å²) in [7, 11) is 0. The van der Waals surface area contributed by atoms with E-state index in [1.54, 1.807) is 0 Å². The van der Waals surface area contributed by atoms with Gasteiger partial charge in [-0.2, -0.15) is 0 Å². The van der Waals surface area contributed by atoms with Crippen molar-refractivity contribution in [2.24, 2.45) is 0 Å². The number of nitrogens with zero attached hydrogens (tertiary/aromatic N) is 2. The molecule has 0 amide bonds. The largest absolute Gasteiger partial charge is 0.310 e.